The second kappa shape index (κ2) is 7.04. The molecule has 1 N–H and O–H groups in total. The maximum absolute atomic E-state index is 11.8. The van der Waals surface area contributed by atoms with Gasteiger partial charge in [0.25, 0.3) is 5.91 Å². The van der Waals surface area contributed by atoms with Crippen molar-refractivity contribution in [1.29, 1.82) is 0 Å². The average molecular weight is 325 g/mol. The number of nitrogens with zero attached hydrogens (tertiary/aromatic N) is 2. The highest BCUT2D eigenvalue weighted by Crippen LogP contribution is 2.28. The van der Waals surface area contributed by atoms with Crippen LogP contribution in [0.25, 0.3) is 0 Å². The summed E-state index contributed by atoms with van der Waals surface area (Å²) >= 11 is 0. The molecule has 0 spiro atoms. The Balaban J connectivity index is 1.92. The SMILES string of the molecule is COc1ccc(C2=NNC(=O)CN2Cc2ccccc2)cc1OC. The number of ether oxygens (including phenoxy) is 2. The lowest BCUT2D eigenvalue weighted by molar-refractivity contribution is -0.122. The number of hydrazone groups is 1. The van der Waals surface area contributed by atoms with E-state index in [4.69, 9.17) is 9.47 Å². The third-order valence-corrected chi connectivity index (χ3v) is 3.78. The molecule has 0 atom stereocenters. The van der Waals surface area contributed by atoms with Gasteiger partial charge in [-0.05, 0) is 23.8 Å². The number of benzene rings is 2. The molecule has 0 aliphatic carbocycles. The molecule has 0 saturated heterocycles. The van der Waals surface area contributed by atoms with Crippen LogP contribution < -0.4 is 14.9 Å². The Morgan fingerprint density at radius 3 is 2.54 bits per heavy atom. The Kier molecular flexibility index (Phi) is 4.65. The van der Waals surface area contributed by atoms with Gasteiger partial charge in [0.1, 0.15) is 6.54 Å². The first kappa shape index (κ1) is 15.9. The quantitative estimate of drug-likeness (QED) is 0.913. The highest BCUT2D eigenvalue weighted by molar-refractivity contribution is 6.03. The van der Waals surface area contributed by atoms with Crippen molar-refractivity contribution in [3.05, 3.63) is 59.7 Å². The first-order valence-electron chi connectivity index (χ1n) is 7.59. The van der Waals surface area contributed by atoms with E-state index >= 15 is 0 Å². The Bertz CT molecular complexity index is 759. The number of amides is 1. The van der Waals surface area contributed by atoms with Crippen molar-refractivity contribution in [2.75, 3.05) is 20.8 Å². The summed E-state index contributed by atoms with van der Waals surface area (Å²) in [5, 5.41) is 4.24. The molecule has 3 rings (SSSR count). The molecule has 24 heavy (non-hydrogen) atoms. The molecule has 2 aromatic rings. The van der Waals surface area contributed by atoms with Gasteiger partial charge in [-0.25, -0.2) is 5.43 Å². The monoisotopic (exact) mass is 325 g/mol. The summed E-state index contributed by atoms with van der Waals surface area (Å²) in [7, 11) is 3.19. The molecule has 0 radical (unpaired) electrons. The molecule has 0 bridgehead atoms. The van der Waals surface area contributed by atoms with E-state index in [1.165, 1.54) is 0 Å². The second-order valence-corrected chi connectivity index (χ2v) is 5.38. The van der Waals surface area contributed by atoms with Crippen molar-refractivity contribution in [1.82, 2.24) is 10.3 Å². The summed E-state index contributed by atoms with van der Waals surface area (Å²) in [4.78, 5) is 13.7. The van der Waals surface area contributed by atoms with Crippen LogP contribution in [0.15, 0.2) is 53.6 Å². The number of carbonyl (C=O) groups is 1. The van der Waals surface area contributed by atoms with Crippen molar-refractivity contribution in [3.63, 3.8) is 0 Å². The van der Waals surface area contributed by atoms with Crippen LogP contribution in [0, 0.1) is 0 Å². The zero-order valence-electron chi connectivity index (χ0n) is 13.7. The summed E-state index contributed by atoms with van der Waals surface area (Å²) in [5.74, 6) is 1.83. The number of rotatable bonds is 5. The Morgan fingerprint density at radius 2 is 1.83 bits per heavy atom. The fraction of sp³-hybridized carbons (Fsp3) is 0.222. The fourth-order valence-electron chi connectivity index (χ4n) is 2.63. The number of hydrogen-bond acceptors (Lipinski definition) is 5. The Hall–Kier alpha value is -3.02. The van der Waals surface area contributed by atoms with Crippen molar-refractivity contribution < 1.29 is 14.3 Å². The molecule has 0 fully saturated rings. The predicted molar refractivity (Wildman–Crippen MR) is 91.1 cm³/mol. The van der Waals surface area contributed by atoms with Gasteiger partial charge in [0, 0.05) is 12.1 Å². The minimum absolute atomic E-state index is 0.129. The molecule has 0 aromatic heterocycles. The largest absolute Gasteiger partial charge is 0.493 e. The molecule has 6 nitrogen and oxygen atoms in total. The molecule has 2 aromatic carbocycles. The van der Waals surface area contributed by atoms with Gasteiger partial charge in [0.15, 0.2) is 17.3 Å². The number of carbonyl (C=O) groups excluding carboxylic acids is 1. The van der Waals surface area contributed by atoms with E-state index in [9.17, 15) is 4.79 Å². The van der Waals surface area contributed by atoms with Gasteiger partial charge in [-0.1, -0.05) is 30.3 Å². The van der Waals surface area contributed by atoms with Crippen molar-refractivity contribution >= 4 is 11.7 Å². The smallest absolute Gasteiger partial charge is 0.259 e. The summed E-state index contributed by atoms with van der Waals surface area (Å²) < 4.78 is 10.6. The summed E-state index contributed by atoms with van der Waals surface area (Å²) in [6.45, 7) is 0.851. The van der Waals surface area contributed by atoms with Gasteiger partial charge < -0.3 is 14.4 Å². The lowest BCUT2D eigenvalue weighted by Crippen LogP contribution is -2.45. The number of methoxy groups -OCH3 is 2. The molecular formula is C18H19N3O3. The van der Waals surface area contributed by atoms with Crippen LogP contribution in [0.1, 0.15) is 11.1 Å². The molecule has 1 aliphatic rings. The predicted octanol–water partition coefficient (Wildman–Crippen LogP) is 2.00. The number of nitrogens with one attached hydrogen (secondary N) is 1. The van der Waals surface area contributed by atoms with Gasteiger partial charge in [-0.15, -0.1) is 0 Å². The van der Waals surface area contributed by atoms with E-state index in [1.54, 1.807) is 14.2 Å². The van der Waals surface area contributed by atoms with Crippen LogP contribution in [-0.2, 0) is 11.3 Å². The highest BCUT2D eigenvalue weighted by atomic mass is 16.5. The van der Waals surface area contributed by atoms with E-state index in [0.717, 1.165) is 11.1 Å². The van der Waals surface area contributed by atoms with E-state index < -0.39 is 0 Å². The molecule has 1 aliphatic heterocycles. The van der Waals surface area contributed by atoms with Crippen LogP contribution in [0.3, 0.4) is 0 Å². The van der Waals surface area contributed by atoms with Gasteiger partial charge in [0.05, 0.1) is 14.2 Å². The molecule has 1 amide bonds. The van der Waals surface area contributed by atoms with Gasteiger partial charge in [0.2, 0.25) is 0 Å². The molecule has 1 heterocycles. The Morgan fingerprint density at radius 1 is 1.08 bits per heavy atom. The van der Waals surface area contributed by atoms with Gasteiger partial charge in [-0.3, -0.25) is 4.79 Å². The topological polar surface area (TPSA) is 63.2 Å². The van der Waals surface area contributed by atoms with Crippen LogP contribution in [0.4, 0.5) is 0 Å². The molecule has 6 heteroatoms. The van der Waals surface area contributed by atoms with Crippen LogP contribution >= 0.6 is 0 Å². The first-order chi connectivity index (χ1) is 11.7. The van der Waals surface area contributed by atoms with Gasteiger partial charge >= 0.3 is 0 Å². The summed E-state index contributed by atoms with van der Waals surface area (Å²) in [5.41, 5.74) is 4.51. The normalized spacial score (nSPS) is 14.0. The minimum atomic E-state index is -0.129. The number of hydrogen-bond donors (Lipinski definition) is 1. The van der Waals surface area contributed by atoms with Crippen molar-refractivity contribution in [2.45, 2.75) is 6.54 Å². The zero-order chi connectivity index (χ0) is 16.9. The maximum atomic E-state index is 11.8. The van der Waals surface area contributed by atoms with Crippen LogP contribution in [0.5, 0.6) is 11.5 Å². The minimum Gasteiger partial charge on any atom is -0.493 e. The van der Waals surface area contributed by atoms with E-state index in [0.29, 0.717) is 23.9 Å². The van der Waals surface area contributed by atoms with E-state index in [-0.39, 0.29) is 12.5 Å². The van der Waals surface area contributed by atoms with Crippen LogP contribution in [0.2, 0.25) is 0 Å². The molecular weight excluding hydrogens is 306 g/mol. The van der Waals surface area contributed by atoms with Crippen molar-refractivity contribution in [3.8, 4) is 11.5 Å². The second-order valence-electron chi connectivity index (χ2n) is 5.38. The lowest BCUT2D eigenvalue weighted by atomic mass is 10.1. The third kappa shape index (κ3) is 3.32. The molecule has 124 valence electrons. The van der Waals surface area contributed by atoms with E-state index in [2.05, 4.69) is 10.5 Å². The first-order valence-corrected chi connectivity index (χ1v) is 7.59. The van der Waals surface area contributed by atoms with Crippen molar-refractivity contribution in [2.24, 2.45) is 5.10 Å². The summed E-state index contributed by atoms with van der Waals surface area (Å²) in [6, 6.07) is 15.6. The third-order valence-electron chi connectivity index (χ3n) is 3.78. The summed E-state index contributed by atoms with van der Waals surface area (Å²) in [6.07, 6.45) is 0. The highest BCUT2D eigenvalue weighted by Gasteiger charge is 2.23. The lowest BCUT2D eigenvalue weighted by Gasteiger charge is -2.29. The maximum Gasteiger partial charge on any atom is 0.259 e. The van der Waals surface area contributed by atoms with Gasteiger partial charge in [-0.2, -0.15) is 5.10 Å². The zero-order valence-corrected chi connectivity index (χ0v) is 13.7. The van der Waals surface area contributed by atoms with E-state index in [1.807, 2.05) is 53.4 Å². The molecule has 0 unspecified atom stereocenters. The average Bonchev–Trinajstić information content (AvgIpc) is 2.62. The Labute approximate surface area is 140 Å². The number of amidine groups is 1. The fourth-order valence-corrected chi connectivity index (χ4v) is 2.63. The standard InChI is InChI=1S/C18H19N3O3/c1-23-15-9-8-14(10-16(15)24-2)18-20-19-17(22)12-21(18)11-13-6-4-3-5-7-13/h3-10H,11-12H2,1-2H3,(H,19,22). The van der Waals surface area contributed by atoms with Crippen LogP contribution in [-0.4, -0.2) is 37.4 Å². The molecule has 0 saturated carbocycles.